The SMILES string of the molecule is CCOC(=O)Nc1ccc(N2Cc3ccc(F)cc3C2)cc1N. The lowest BCUT2D eigenvalue weighted by Gasteiger charge is -2.19. The molecule has 0 spiro atoms. The first kappa shape index (κ1) is 15.1. The summed E-state index contributed by atoms with van der Waals surface area (Å²) in [6, 6.07) is 10.3. The molecule has 2 aromatic rings. The molecular weight excluding hydrogens is 297 g/mol. The fraction of sp³-hybridized carbons (Fsp3) is 0.235. The van der Waals surface area contributed by atoms with Gasteiger partial charge in [-0.3, -0.25) is 5.32 Å². The van der Waals surface area contributed by atoms with Crippen LogP contribution in [-0.2, 0) is 17.8 Å². The Bertz CT molecular complexity index is 749. The Kier molecular flexibility index (Phi) is 4.06. The van der Waals surface area contributed by atoms with Crippen LogP contribution in [0.1, 0.15) is 18.1 Å². The zero-order valence-corrected chi connectivity index (χ0v) is 12.8. The molecule has 6 heteroatoms. The van der Waals surface area contributed by atoms with Crippen LogP contribution in [0.2, 0.25) is 0 Å². The number of hydrogen-bond donors (Lipinski definition) is 2. The number of nitrogen functional groups attached to an aromatic ring is 1. The second-order valence-corrected chi connectivity index (χ2v) is 5.39. The first-order valence-electron chi connectivity index (χ1n) is 7.42. The summed E-state index contributed by atoms with van der Waals surface area (Å²) in [5.74, 6) is -0.223. The van der Waals surface area contributed by atoms with E-state index in [-0.39, 0.29) is 5.82 Å². The van der Waals surface area contributed by atoms with Crippen molar-refractivity contribution in [1.82, 2.24) is 0 Å². The molecule has 0 unspecified atom stereocenters. The average molecular weight is 315 g/mol. The number of nitrogens with one attached hydrogen (secondary N) is 1. The maximum atomic E-state index is 13.3. The van der Waals surface area contributed by atoms with Crippen LogP contribution in [0.3, 0.4) is 0 Å². The van der Waals surface area contributed by atoms with E-state index in [0.29, 0.717) is 31.1 Å². The molecule has 5 nitrogen and oxygen atoms in total. The number of anilines is 3. The van der Waals surface area contributed by atoms with E-state index in [2.05, 4.69) is 10.2 Å². The zero-order valence-electron chi connectivity index (χ0n) is 12.8. The maximum absolute atomic E-state index is 13.3. The number of hydrogen-bond acceptors (Lipinski definition) is 4. The third-order valence-electron chi connectivity index (χ3n) is 3.80. The van der Waals surface area contributed by atoms with E-state index < -0.39 is 6.09 Å². The predicted molar refractivity (Wildman–Crippen MR) is 87.8 cm³/mol. The Balaban J connectivity index is 1.75. The standard InChI is InChI=1S/C17H18FN3O2/c1-2-23-17(22)20-16-6-5-14(8-15(16)19)21-9-11-3-4-13(18)7-12(11)10-21/h3-8H,2,9-10,19H2,1H3,(H,20,22). The van der Waals surface area contributed by atoms with Crippen LogP contribution in [0.5, 0.6) is 0 Å². The number of rotatable bonds is 3. The van der Waals surface area contributed by atoms with Crippen molar-refractivity contribution in [3.8, 4) is 0 Å². The molecule has 0 atom stereocenters. The van der Waals surface area contributed by atoms with E-state index in [1.165, 1.54) is 6.07 Å². The van der Waals surface area contributed by atoms with Crippen LogP contribution in [0.4, 0.5) is 26.2 Å². The first-order chi connectivity index (χ1) is 11.1. The molecule has 0 saturated carbocycles. The number of halogens is 1. The quantitative estimate of drug-likeness (QED) is 0.851. The Morgan fingerprint density at radius 3 is 2.78 bits per heavy atom. The van der Waals surface area contributed by atoms with E-state index in [1.54, 1.807) is 25.1 Å². The number of nitrogens with zero attached hydrogens (tertiary/aromatic N) is 1. The molecule has 23 heavy (non-hydrogen) atoms. The van der Waals surface area contributed by atoms with E-state index in [4.69, 9.17) is 10.5 Å². The first-order valence-corrected chi connectivity index (χ1v) is 7.42. The monoisotopic (exact) mass is 315 g/mol. The third kappa shape index (κ3) is 3.21. The van der Waals surface area contributed by atoms with Crippen LogP contribution in [0.15, 0.2) is 36.4 Å². The van der Waals surface area contributed by atoms with Gasteiger partial charge in [0.05, 0.1) is 18.0 Å². The van der Waals surface area contributed by atoms with E-state index in [1.807, 2.05) is 12.1 Å². The fourth-order valence-corrected chi connectivity index (χ4v) is 2.68. The lowest BCUT2D eigenvalue weighted by Crippen LogP contribution is -2.16. The molecule has 0 aliphatic carbocycles. The second-order valence-electron chi connectivity index (χ2n) is 5.39. The van der Waals surface area contributed by atoms with E-state index in [9.17, 15) is 9.18 Å². The molecule has 1 heterocycles. The van der Waals surface area contributed by atoms with Crippen LogP contribution in [-0.4, -0.2) is 12.7 Å². The topological polar surface area (TPSA) is 67.6 Å². The number of carbonyl (C=O) groups excluding carboxylic acids is 1. The molecule has 120 valence electrons. The highest BCUT2D eigenvalue weighted by molar-refractivity contribution is 5.89. The highest BCUT2D eigenvalue weighted by atomic mass is 19.1. The van der Waals surface area contributed by atoms with Gasteiger partial charge in [-0.15, -0.1) is 0 Å². The molecule has 0 radical (unpaired) electrons. The number of ether oxygens (including phenoxy) is 1. The zero-order chi connectivity index (χ0) is 16.4. The molecule has 0 saturated heterocycles. The smallest absolute Gasteiger partial charge is 0.411 e. The summed E-state index contributed by atoms with van der Waals surface area (Å²) in [6.07, 6.45) is -0.531. The molecule has 3 rings (SSSR count). The largest absolute Gasteiger partial charge is 0.450 e. The van der Waals surface area contributed by atoms with Gasteiger partial charge in [-0.1, -0.05) is 6.07 Å². The van der Waals surface area contributed by atoms with Crippen molar-refractivity contribution in [2.75, 3.05) is 22.6 Å². The number of carbonyl (C=O) groups is 1. The Morgan fingerprint density at radius 1 is 1.26 bits per heavy atom. The van der Waals surface area contributed by atoms with E-state index in [0.717, 1.165) is 16.8 Å². The normalized spacial score (nSPS) is 12.9. The van der Waals surface area contributed by atoms with Crippen molar-refractivity contribution in [3.05, 3.63) is 53.3 Å². The summed E-state index contributed by atoms with van der Waals surface area (Å²) in [5, 5.41) is 2.60. The third-order valence-corrected chi connectivity index (χ3v) is 3.80. The lowest BCUT2D eigenvalue weighted by molar-refractivity contribution is 0.168. The number of nitrogens with two attached hydrogens (primary N) is 1. The lowest BCUT2D eigenvalue weighted by atomic mass is 10.1. The van der Waals surface area contributed by atoms with Gasteiger partial charge in [0.1, 0.15) is 5.82 Å². The molecule has 1 aliphatic rings. The van der Waals surface area contributed by atoms with Crippen LogP contribution < -0.4 is 16.0 Å². The molecule has 0 bridgehead atoms. The van der Waals surface area contributed by atoms with Crippen LogP contribution in [0, 0.1) is 5.82 Å². The van der Waals surface area contributed by atoms with Crippen molar-refractivity contribution in [1.29, 1.82) is 0 Å². The number of amides is 1. The van der Waals surface area contributed by atoms with Gasteiger partial charge in [-0.25, -0.2) is 9.18 Å². The van der Waals surface area contributed by atoms with Gasteiger partial charge in [0.15, 0.2) is 0 Å². The summed E-state index contributed by atoms with van der Waals surface area (Å²) in [4.78, 5) is 13.6. The Hall–Kier alpha value is -2.76. The number of benzene rings is 2. The highest BCUT2D eigenvalue weighted by Gasteiger charge is 2.20. The molecule has 1 aliphatic heterocycles. The average Bonchev–Trinajstić information content (AvgIpc) is 2.92. The second kappa shape index (κ2) is 6.16. The minimum atomic E-state index is -0.531. The number of fused-ring (bicyclic) bond motifs is 1. The fourth-order valence-electron chi connectivity index (χ4n) is 2.68. The Morgan fingerprint density at radius 2 is 2.04 bits per heavy atom. The van der Waals surface area contributed by atoms with Crippen molar-refractivity contribution >= 4 is 23.2 Å². The van der Waals surface area contributed by atoms with Gasteiger partial charge in [0, 0.05) is 18.8 Å². The van der Waals surface area contributed by atoms with Gasteiger partial charge < -0.3 is 15.4 Å². The van der Waals surface area contributed by atoms with Gasteiger partial charge in [0.2, 0.25) is 0 Å². The molecule has 0 aromatic heterocycles. The molecule has 2 aromatic carbocycles. The molecule has 1 amide bonds. The summed E-state index contributed by atoms with van der Waals surface area (Å²) >= 11 is 0. The van der Waals surface area contributed by atoms with Crippen molar-refractivity contribution in [2.24, 2.45) is 0 Å². The molecule has 3 N–H and O–H groups in total. The van der Waals surface area contributed by atoms with Gasteiger partial charge >= 0.3 is 6.09 Å². The van der Waals surface area contributed by atoms with Crippen molar-refractivity contribution < 1.29 is 13.9 Å². The van der Waals surface area contributed by atoms with Crippen LogP contribution in [0.25, 0.3) is 0 Å². The molecule has 0 fully saturated rings. The van der Waals surface area contributed by atoms with Gasteiger partial charge in [0.25, 0.3) is 0 Å². The summed E-state index contributed by atoms with van der Waals surface area (Å²) < 4.78 is 18.1. The van der Waals surface area contributed by atoms with Crippen molar-refractivity contribution in [3.63, 3.8) is 0 Å². The predicted octanol–water partition coefficient (Wildman–Crippen LogP) is 3.50. The summed E-state index contributed by atoms with van der Waals surface area (Å²) in [6.45, 7) is 3.38. The van der Waals surface area contributed by atoms with Crippen LogP contribution >= 0.6 is 0 Å². The molecular formula is C17H18FN3O2. The van der Waals surface area contributed by atoms with Crippen molar-refractivity contribution in [2.45, 2.75) is 20.0 Å². The Labute approximate surface area is 133 Å². The minimum Gasteiger partial charge on any atom is -0.450 e. The van der Waals surface area contributed by atoms with Gasteiger partial charge in [-0.05, 0) is 48.4 Å². The highest BCUT2D eigenvalue weighted by Crippen LogP contribution is 2.32. The van der Waals surface area contributed by atoms with E-state index >= 15 is 0 Å². The summed E-state index contributed by atoms with van der Waals surface area (Å²) in [5.41, 5.74) is 9.99. The summed E-state index contributed by atoms with van der Waals surface area (Å²) in [7, 11) is 0. The van der Waals surface area contributed by atoms with Gasteiger partial charge in [-0.2, -0.15) is 0 Å². The minimum absolute atomic E-state index is 0.223. The maximum Gasteiger partial charge on any atom is 0.411 e.